The van der Waals surface area contributed by atoms with Gasteiger partial charge < -0.3 is 4.74 Å². The zero-order valence-corrected chi connectivity index (χ0v) is 8.77. The number of hydrogen-bond acceptors (Lipinski definition) is 4. The summed E-state index contributed by atoms with van der Waals surface area (Å²) in [5.74, 6) is 0. The van der Waals surface area contributed by atoms with Crippen molar-refractivity contribution in [3.8, 4) is 0 Å². The largest absolute Gasteiger partial charge is 0.528 e. The Labute approximate surface area is 85.0 Å². The molecule has 9 heteroatoms. The number of likely N-dealkylation sites (N-methyl/N-ethyl adjacent to an activating group) is 1. The van der Waals surface area contributed by atoms with Crippen molar-refractivity contribution in [3.63, 3.8) is 0 Å². The molecular formula is C6H11F3NO4S+. The zero-order chi connectivity index (χ0) is 11.7. The maximum absolute atomic E-state index is 12.0. The molecule has 0 saturated carbocycles. The van der Waals surface area contributed by atoms with E-state index < -0.39 is 20.3 Å². The van der Waals surface area contributed by atoms with Crippen LogP contribution in [0.25, 0.3) is 0 Å². The number of nitrogens with zero attached hydrogens (tertiary/aromatic N) is 1. The van der Waals surface area contributed by atoms with E-state index in [0.29, 0.717) is 0 Å². The predicted octanol–water partition coefficient (Wildman–Crippen LogP) is 0.244. The van der Waals surface area contributed by atoms with Gasteiger partial charge in [-0.15, -0.1) is 0 Å². The van der Waals surface area contributed by atoms with Crippen LogP contribution < -0.4 is 0 Å². The molecule has 5 nitrogen and oxygen atoms in total. The summed E-state index contributed by atoms with van der Waals surface area (Å²) < 4.78 is 65.8. The second-order valence-corrected chi connectivity index (χ2v) is 4.85. The van der Waals surface area contributed by atoms with E-state index in [-0.39, 0.29) is 26.3 Å². The maximum Gasteiger partial charge on any atom is 0.528 e. The van der Waals surface area contributed by atoms with E-state index in [4.69, 9.17) is 4.74 Å². The fraction of sp³-hybridized carbons (Fsp3) is 1.00. The molecule has 0 N–H and O–H groups in total. The number of hydroxylamine groups is 3. The molecule has 0 unspecified atom stereocenters. The molecule has 0 aromatic heterocycles. The molecule has 0 bridgehead atoms. The molecule has 0 spiro atoms. The normalized spacial score (nSPS) is 22.7. The van der Waals surface area contributed by atoms with E-state index in [0.717, 1.165) is 0 Å². The molecule has 0 aromatic carbocycles. The van der Waals surface area contributed by atoms with Crippen LogP contribution in [0, 0.1) is 0 Å². The molecule has 1 rings (SSSR count). The predicted molar refractivity (Wildman–Crippen MR) is 42.8 cm³/mol. The Morgan fingerprint density at radius 1 is 1.27 bits per heavy atom. The van der Waals surface area contributed by atoms with Crippen molar-refractivity contribution in [1.82, 2.24) is 0 Å². The molecule has 0 aromatic rings. The molecule has 1 fully saturated rings. The van der Waals surface area contributed by atoms with E-state index in [1.807, 2.05) is 0 Å². The van der Waals surface area contributed by atoms with Crippen molar-refractivity contribution in [2.24, 2.45) is 0 Å². The smallest absolute Gasteiger partial charge is 0.370 e. The summed E-state index contributed by atoms with van der Waals surface area (Å²) >= 11 is 0. The summed E-state index contributed by atoms with van der Waals surface area (Å²) in [6.07, 6.45) is 0. The maximum atomic E-state index is 12.0. The first kappa shape index (κ1) is 12.7. The summed E-state index contributed by atoms with van der Waals surface area (Å²) in [6, 6.07) is 0. The Kier molecular flexibility index (Phi) is 3.29. The monoisotopic (exact) mass is 250 g/mol. The highest BCUT2D eigenvalue weighted by Crippen LogP contribution is 2.27. The minimum Gasteiger partial charge on any atom is -0.370 e. The van der Waals surface area contributed by atoms with Gasteiger partial charge in [0.2, 0.25) is 0 Å². The topological polar surface area (TPSA) is 52.6 Å². The summed E-state index contributed by atoms with van der Waals surface area (Å²) in [5, 5.41) is 0. The summed E-state index contributed by atoms with van der Waals surface area (Å²) in [5.41, 5.74) is -5.38. The third-order valence-corrected chi connectivity index (χ3v) is 3.10. The lowest BCUT2D eigenvalue weighted by Crippen LogP contribution is -2.54. The number of halogens is 3. The van der Waals surface area contributed by atoms with E-state index in [2.05, 4.69) is 4.28 Å². The van der Waals surface area contributed by atoms with Gasteiger partial charge in [-0.2, -0.15) is 26.2 Å². The number of alkyl halides is 3. The van der Waals surface area contributed by atoms with E-state index >= 15 is 0 Å². The first-order chi connectivity index (χ1) is 6.66. The minimum atomic E-state index is -5.54. The highest BCUT2D eigenvalue weighted by atomic mass is 32.2. The van der Waals surface area contributed by atoms with Gasteiger partial charge in [0.15, 0.2) is 0 Å². The quantitative estimate of drug-likeness (QED) is 0.520. The number of ether oxygens (including phenoxy) is 1. The molecule has 0 aliphatic carbocycles. The van der Waals surface area contributed by atoms with Crippen molar-refractivity contribution in [2.75, 3.05) is 33.4 Å². The number of rotatable bonds is 2. The number of quaternary nitrogens is 1. The minimum absolute atomic E-state index is 0.0648. The van der Waals surface area contributed by atoms with Crippen LogP contribution in [-0.4, -0.2) is 51.9 Å². The van der Waals surface area contributed by atoms with Gasteiger partial charge in [-0.3, -0.25) is 0 Å². The van der Waals surface area contributed by atoms with Gasteiger partial charge in [0, 0.05) is 0 Å². The molecular weight excluding hydrogens is 239 g/mol. The summed E-state index contributed by atoms with van der Waals surface area (Å²) in [6.45, 7) is 0.471. The van der Waals surface area contributed by atoms with Crippen LogP contribution in [0.1, 0.15) is 0 Å². The van der Waals surface area contributed by atoms with Crippen LogP contribution in [0.3, 0.4) is 0 Å². The van der Waals surface area contributed by atoms with Crippen molar-refractivity contribution in [3.05, 3.63) is 0 Å². The molecule has 0 amide bonds. The average molecular weight is 250 g/mol. The Balaban J connectivity index is 2.76. The Morgan fingerprint density at radius 3 is 2.13 bits per heavy atom. The molecule has 15 heavy (non-hydrogen) atoms. The third kappa shape index (κ3) is 3.03. The number of hydrogen-bond donors (Lipinski definition) is 0. The van der Waals surface area contributed by atoms with Gasteiger partial charge in [-0.25, -0.2) is 0 Å². The lowest BCUT2D eigenvalue weighted by atomic mass is 10.4. The molecule has 1 heterocycles. The molecule has 0 atom stereocenters. The Hall–Kier alpha value is -0.380. The molecule has 90 valence electrons. The van der Waals surface area contributed by atoms with Gasteiger partial charge in [0.05, 0.1) is 13.2 Å². The van der Waals surface area contributed by atoms with Crippen LogP contribution in [0.2, 0.25) is 0 Å². The van der Waals surface area contributed by atoms with Crippen LogP contribution in [0.15, 0.2) is 0 Å². The number of morpholine rings is 1. The highest BCUT2D eigenvalue weighted by Gasteiger charge is 2.52. The second-order valence-electron chi connectivity index (χ2n) is 3.33. The fourth-order valence-electron chi connectivity index (χ4n) is 1.08. The van der Waals surface area contributed by atoms with Gasteiger partial charge in [0.1, 0.15) is 20.1 Å². The highest BCUT2D eigenvalue weighted by molar-refractivity contribution is 7.87. The van der Waals surface area contributed by atoms with Gasteiger partial charge in [-0.05, 0) is 0 Å². The van der Waals surface area contributed by atoms with Gasteiger partial charge in [0.25, 0.3) is 0 Å². The standard InChI is InChI=1S/C6H11F3NO4S/c1-10(2-4-13-5-3-10)14-15(11,12)6(7,8)9/h2-5H2,1H3/q+1. The van der Waals surface area contributed by atoms with Crippen molar-refractivity contribution >= 4 is 10.1 Å². The van der Waals surface area contributed by atoms with Crippen LogP contribution in [0.5, 0.6) is 0 Å². The molecule has 1 aliphatic heterocycles. The van der Waals surface area contributed by atoms with Crippen molar-refractivity contribution in [2.45, 2.75) is 5.51 Å². The lowest BCUT2D eigenvalue weighted by molar-refractivity contribution is -1.07. The van der Waals surface area contributed by atoms with E-state index in [1.54, 1.807) is 0 Å². The van der Waals surface area contributed by atoms with Crippen molar-refractivity contribution in [1.29, 1.82) is 0 Å². The van der Waals surface area contributed by atoms with Crippen LogP contribution in [0.4, 0.5) is 13.2 Å². The van der Waals surface area contributed by atoms with Crippen molar-refractivity contribution < 1.29 is 35.3 Å². The van der Waals surface area contributed by atoms with E-state index in [9.17, 15) is 21.6 Å². The first-order valence-corrected chi connectivity index (χ1v) is 5.52. The Bertz CT molecular complexity index is 320. The summed E-state index contributed by atoms with van der Waals surface area (Å²) in [7, 11) is -4.27. The average Bonchev–Trinajstić information content (AvgIpc) is 2.00. The fourth-order valence-corrected chi connectivity index (χ4v) is 1.79. The van der Waals surface area contributed by atoms with Crippen LogP contribution >= 0.6 is 0 Å². The SMILES string of the molecule is C[N+]1(OS(=O)(=O)C(F)(F)F)CCOCC1. The zero-order valence-electron chi connectivity index (χ0n) is 7.95. The lowest BCUT2D eigenvalue weighted by Gasteiger charge is -2.33. The third-order valence-electron chi connectivity index (χ3n) is 1.98. The second kappa shape index (κ2) is 3.89. The summed E-state index contributed by atoms with van der Waals surface area (Å²) in [4.78, 5) is 0. The molecule has 0 radical (unpaired) electrons. The van der Waals surface area contributed by atoms with E-state index in [1.165, 1.54) is 7.05 Å². The molecule has 1 aliphatic rings. The Morgan fingerprint density at radius 2 is 1.73 bits per heavy atom. The molecule has 1 saturated heterocycles. The first-order valence-electron chi connectivity index (χ1n) is 4.11. The van der Waals surface area contributed by atoms with Gasteiger partial charge in [-0.1, -0.05) is 4.28 Å². The van der Waals surface area contributed by atoms with Crippen LogP contribution in [-0.2, 0) is 19.1 Å². The van der Waals surface area contributed by atoms with Gasteiger partial charge >= 0.3 is 15.6 Å².